The lowest BCUT2D eigenvalue weighted by Crippen LogP contribution is -2.23. The second kappa shape index (κ2) is 14.2. The van der Waals surface area contributed by atoms with E-state index in [-0.39, 0.29) is 17.8 Å². The summed E-state index contributed by atoms with van der Waals surface area (Å²) in [5, 5.41) is 19.3. The number of likely N-dealkylation sites (tertiary alicyclic amines) is 2. The van der Waals surface area contributed by atoms with Crippen molar-refractivity contribution in [1.29, 1.82) is 0 Å². The first kappa shape index (κ1) is 33.7. The monoisotopic (exact) mass is 675 g/mol. The molecule has 0 aliphatic carbocycles. The Labute approximate surface area is 291 Å². The van der Waals surface area contributed by atoms with Crippen LogP contribution in [0.5, 0.6) is 5.75 Å². The van der Waals surface area contributed by atoms with Gasteiger partial charge in [0.25, 0.3) is 0 Å². The maximum Gasteiger partial charge on any atom is 0.307 e. The fraction of sp³-hybridized carbons (Fsp3) is 0.317. The van der Waals surface area contributed by atoms with Gasteiger partial charge in [-0.05, 0) is 85.3 Å². The summed E-state index contributed by atoms with van der Waals surface area (Å²) in [7, 11) is 1.63. The molecule has 3 heterocycles. The van der Waals surface area contributed by atoms with Crippen molar-refractivity contribution in [3.8, 4) is 28.3 Å². The molecule has 0 bridgehead atoms. The highest BCUT2D eigenvalue weighted by Gasteiger charge is 2.28. The lowest BCUT2D eigenvalue weighted by Gasteiger charge is -2.19. The number of halogens is 1. The van der Waals surface area contributed by atoms with Crippen LogP contribution in [0.25, 0.3) is 45.8 Å². The van der Waals surface area contributed by atoms with Crippen molar-refractivity contribution in [2.45, 2.75) is 45.9 Å². The van der Waals surface area contributed by atoms with E-state index in [1.54, 1.807) is 25.3 Å². The van der Waals surface area contributed by atoms with Gasteiger partial charge in [0.1, 0.15) is 17.1 Å². The van der Waals surface area contributed by atoms with Crippen LogP contribution in [0.1, 0.15) is 46.2 Å². The van der Waals surface area contributed by atoms with E-state index >= 15 is 4.39 Å². The lowest BCUT2D eigenvalue weighted by molar-refractivity contribution is -0.141. The average Bonchev–Trinajstić information content (AvgIpc) is 3.85. The van der Waals surface area contributed by atoms with Gasteiger partial charge in [0.05, 0.1) is 19.1 Å². The zero-order chi connectivity index (χ0) is 34.9. The third kappa shape index (κ3) is 6.94. The first-order chi connectivity index (χ1) is 24.2. The predicted molar refractivity (Wildman–Crippen MR) is 193 cm³/mol. The van der Waals surface area contributed by atoms with Crippen LogP contribution < -0.4 is 4.74 Å². The van der Waals surface area contributed by atoms with Crippen molar-refractivity contribution in [2.75, 3.05) is 33.3 Å². The Morgan fingerprint density at radius 2 is 1.68 bits per heavy atom. The minimum Gasteiger partial charge on any atom is -0.496 e. The zero-order valence-electron chi connectivity index (χ0n) is 28.7. The number of aromatic nitrogens is 1. The topological polar surface area (TPSA) is 99.3 Å². The Morgan fingerprint density at radius 1 is 0.940 bits per heavy atom. The first-order valence-electron chi connectivity index (χ1n) is 17.2. The van der Waals surface area contributed by atoms with Crippen LogP contribution in [0.3, 0.4) is 0 Å². The quantitative estimate of drug-likeness (QED) is 0.146. The molecular formula is C41H42FN3O5. The number of aliphatic hydroxyl groups is 1. The number of aliphatic carboxylic acids is 1. The molecule has 2 saturated heterocycles. The molecule has 0 amide bonds. The van der Waals surface area contributed by atoms with Gasteiger partial charge >= 0.3 is 5.97 Å². The summed E-state index contributed by atoms with van der Waals surface area (Å²) in [6, 6.07) is 21.2. The number of hydrogen-bond acceptors (Lipinski definition) is 7. The Hall–Kier alpha value is -4.83. The third-order valence-corrected chi connectivity index (χ3v) is 10.1. The van der Waals surface area contributed by atoms with Crippen molar-refractivity contribution in [3.63, 3.8) is 0 Å². The molecule has 1 aromatic heterocycles. The van der Waals surface area contributed by atoms with Crippen molar-refractivity contribution < 1.29 is 28.6 Å². The third-order valence-electron chi connectivity index (χ3n) is 10.1. The number of carboxylic acids is 1. The second-order valence-electron chi connectivity index (χ2n) is 13.6. The van der Waals surface area contributed by atoms with Gasteiger partial charge in [-0.2, -0.15) is 0 Å². The molecule has 8 nitrogen and oxygen atoms in total. The number of nitrogens with zero attached hydrogens (tertiary/aromatic N) is 3. The fourth-order valence-electron chi connectivity index (χ4n) is 7.30. The molecule has 7 rings (SSSR count). The molecule has 5 aromatic rings. The van der Waals surface area contributed by atoms with Crippen LogP contribution in [0.15, 0.2) is 71.1 Å². The van der Waals surface area contributed by atoms with Crippen LogP contribution in [0.4, 0.5) is 4.39 Å². The van der Waals surface area contributed by atoms with E-state index in [0.29, 0.717) is 48.7 Å². The Bertz CT molecular complexity index is 2090. The van der Waals surface area contributed by atoms with Crippen molar-refractivity contribution in [2.24, 2.45) is 5.92 Å². The number of carbonyl (C=O) groups is 1. The highest BCUT2D eigenvalue weighted by molar-refractivity contribution is 5.82. The Morgan fingerprint density at radius 3 is 2.44 bits per heavy atom. The van der Waals surface area contributed by atoms with Crippen molar-refractivity contribution in [1.82, 2.24) is 14.8 Å². The molecule has 2 aliphatic rings. The summed E-state index contributed by atoms with van der Waals surface area (Å²) >= 11 is 0. The second-order valence-corrected chi connectivity index (χ2v) is 13.6. The van der Waals surface area contributed by atoms with Gasteiger partial charge in [-0.1, -0.05) is 54.6 Å². The highest BCUT2D eigenvalue weighted by atomic mass is 19.1. The molecular weight excluding hydrogens is 633 g/mol. The number of aliphatic hydroxyl groups excluding tert-OH is 1. The number of fused-ring (bicyclic) bond motifs is 1. The van der Waals surface area contributed by atoms with E-state index < -0.39 is 5.97 Å². The van der Waals surface area contributed by atoms with Crippen LogP contribution >= 0.6 is 0 Å². The summed E-state index contributed by atoms with van der Waals surface area (Å²) < 4.78 is 28.1. The number of β-amino-alcohol motifs (C(OH)–C–C–N with tert-alkyl or cyclic N) is 1. The van der Waals surface area contributed by atoms with Gasteiger partial charge in [0.2, 0.25) is 5.89 Å². The molecule has 0 spiro atoms. The van der Waals surface area contributed by atoms with Crippen LogP contribution in [0.2, 0.25) is 0 Å². The molecule has 50 heavy (non-hydrogen) atoms. The van der Waals surface area contributed by atoms with E-state index in [1.165, 1.54) is 0 Å². The Balaban J connectivity index is 1.12. The van der Waals surface area contributed by atoms with Gasteiger partial charge in [-0.3, -0.25) is 14.6 Å². The standard InChI is InChI=1S/C41H42FN3O5/c1-25-18-31(23-45-16-14-30(22-45)41(47)48)38(49-3)20-29(25)12-11-28-6-4-9-35(39(28)42)33-7-5-8-34(26(33)2)40-43-36-19-27(10-13-37(36)50-40)21-44-17-15-32(46)24-44/h4-13,18-20,30,32,46H,14-17,21-24H2,1-3H3,(H,47,48)/b12-11+/t30-,32-/m1/s1. The molecule has 0 unspecified atom stereocenters. The van der Waals surface area contributed by atoms with Crippen molar-refractivity contribution in [3.05, 3.63) is 106 Å². The molecule has 2 aliphatic heterocycles. The molecule has 2 N–H and O–H groups in total. The summed E-state index contributed by atoms with van der Waals surface area (Å²) in [6.07, 6.45) is 4.88. The number of oxazole rings is 1. The van der Waals surface area contributed by atoms with E-state index in [9.17, 15) is 15.0 Å². The first-order valence-corrected chi connectivity index (χ1v) is 17.2. The summed E-state index contributed by atoms with van der Waals surface area (Å²) in [4.78, 5) is 20.6. The van der Waals surface area contributed by atoms with Crippen LogP contribution in [0, 0.1) is 25.6 Å². The molecule has 2 atom stereocenters. The maximum atomic E-state index is 16.2. The summed E-state index contributed by atoms with van der Waals surface area (Å²) in [5.41, 5.74) is 8.90. The molecule has 0 saturated carbocycles. The van der Waals surface area contributed by atoms with Crippen LogP contribution in [-0.4, -0.2) is 70.4 Å². The number of ether oxygens (including phenoxy) is 1. The number of rotatable bonds is 10. The minimum atomic E-state index is -0.746. The number of hydrogen-bond donors (Lipinski definition) is 2. The number of aryl methyl sites for hydroxylation is 1. The normalized spacial score (nSPS) is 18.5. The largest absolute Gasteiger partial charge is 0.496 e. The average molecular weight is 676 g/mol. The maximum absolute atomic E-state index is 16.2. The van der Waals surface area contributed by atoms with Crippen molar-refractivity contribution >= 4 is 29.2 Å². The zero-order valence-corrected chi connectivity index (χ0v) is 28.7. The molecule has 0 radical (unpaired) electrons. The molecule has 4 aromatic carbocycles. The smallest absolute Gasteiger partial charge is 0.307 e. The van der Waals surface area contributed by atoms with E-state index in [4.69, 9.17) is 14.1 Å². The van der Waals surface area contributed by atoms with Gasteiger partial charge < -0.3 is 19.4 Å². The number of methoxy groups -OCH3 is 1. The molecule has 9 heteroatoms. The summed E-state index contributed by atoms with van der Waals surface area (Å²) in [6.45, 7) is 8.17. The fourth-order valence-corrected chi connectivity index (χ4v) is 7.30. The molecule has 2 fully saturated rings. The van der Waals surface area contributed by atoms with Gasteiger partial charge in [-0.25, -0.2) is 9.37 Å². The lowest BCUT2D eigenvalue weighted by atomic mass is 9.94. The van der Waals surface area contributed by atoms with Gasteiger partial charge in [0.15, 0.2) is 5.58 Å². The SMILES string of the molecule is COc1cc(/C=C/c2cccc(-c3cccc(-c4nc5cc(CN6CC[C@@H](O)C6)ccc5o4)c3C)c2F)c(C)cc1CN1CC[C@@H](C(=O)O)C1. The van der Waals surface area contributed by atoms with Gasteiger partial charge in [-0.15, -0.1) is 0 Å². The van der Waals surface area contributed by atoms with E-state index in [0.717, 1.165) is 76.3 Å². The van der Waals surface area contributed by atoms with E-state index in [2.05, 4.69) is 15.9 Å². The molecule has 258 valence electrons. The van der Waals surface area contributed by atoms with Gasteiger partial charge in [0, 0.05) is 55.0 Å². The van der Waals surface area contributed by atoms with Crippen LogP contribution in [-0.2, 0) is 17.9 Å². The highest BCUT2D eigenvalue weighted by Crippen LogP contribution is 2.36. The predicted octanol–water partition coefficient (Wildman–Crippen LogP) is 7.57. The summed E-state index contributed by atoms with van der Waals surface area (Å²) in [5.74, 6) is -0.189. The minimum absolute atomic E-state index is 0.260. The van der Waals surface area contributed by atoms with E-state index in [1.807, 2.05) is 68.5 Å². The number of benzene rings is 4. The number of carboxylic acid groups (broad SMARTS) is 1. The Kier molecular flexibility index (Phi) is 9.55.